The molecular formula is C21H23N3O2S. The fourth-order valence-corrected chi connectivity index (χ4v) is 3.55. The van der Waals surface area contributed by atoms with E-state index in [0.29, 0.717) is 18.3 Å². The van der Waals surface area contributed by atoms with Crippen LogP contribution in [0.2, 0.25) is 0 Å². The second-order valence-corrected chi connectivity index (χ2v) is 7.05. The zero-order valence-electron chi connectivity index (χ0n) is 15.5. The van der Waals surface area contributed by atoms with E-state index in [1.807, 2.05) is 73.1 Å². The molecule has 0 unspecified atom stereocenters. The van der Waals surface area contributed by atoms with E-state index in [2.05, 4.69) is 9.88 Å². The molecule has 6 heteroatoms. The molecule has 0 fully saturated rings. The number of likely N-dealkylation sites (N-methyl/N-ethyl adjacent to an activating group) is 1. The predicted octanol–water partition coefficient (Wildman–Crippen LogP) is 4.34. The number of benzene rings is 2. The zero-order valence-corrected chi connectivity index (χ0v) is 16.4. The number of ether oxygens (including phenoxy) is 1. The monoisotopic (exact) mass is 381 g/mol. The maximum absolute atomic E-state index is 12.1. The summed E-state index contributed by atoms with van der Waals surface area (Å²) in [4.78, 5) is 20.6. The van der Waals surface area contributed by atoms with Crippen molar-refractivity contribution < 1.29 is 9.53 Å². The van der Waals surface area contributed by atoms with Crippen LogP contribution in [0.4, 0.5) is 10.8 Å². The average Bonchev–Trinajstić information content (AvgIpc) is 3.11. The molecule has 5 nitrogen and oxygen atoms in total. The third kappa shape index (κ3) is 5.39. The van der Waals surface area contributed by atoms with Crippen LogP contribution in [-0.4, -0.2) is 36.0 Å². The number of para-hydroxylation sites is 2. The van der Waals surface area contributed by atoms with Gasteiger partial charge in [-0.2, -0.15) is 0 Å². The molecule has 0 N–H and O–H groups in total. The smallest absolute Gasteiger partial charge is 0.230 e. The van der Waals surface area contributed by atoms with Crippen molar-refractivity contribution in [1.82, 2.24) is 9.88 Å². The van der Waals surface area contributed by atoms with Crippen LogP contribution in [-0.2, 0) is 11.3 Å². The number of carbonyl (C=O) groups is 1. The van der Waals surface area contributed by atoms with Crippen molar-refractivity contribution in [2.24, 2.45) is 0 Å². The summed E-state index contributed by atoms with van der Waals surface area (Å²) in [7, 11) is 2.04. The van der Waals surface area contributed by atoms with Crippen LogP contribution in [0.3, 0.4) is 0 Å². The summed E-state index contributed by atoms with van der Waals surface area (Å²) in [6.45, 7) is 3.66. The lowest BCUT2D eigenvalue weighted by Crippen LogP contribution is -2.24. The van der Waals surface area contributed by atoms with Gasteiger partial charge < -0.3 is 4.74 Å². The second kappa shape index (κ2) is 9.30. The molecule has 0 radical (unpaired) electrons. The number of thiazole rings is 1. The Morgan fingerprint density at radius 2 is 1.74 bits per heavy atom. The van der Waals surface area contributed by atoms with Gasteiger partial charge in [0.2, 0.25) is 5.91 Å². The van der Waals surface area contributed by atoms with Crippen LogP contribution < -0.4 is 9.64 Å². The highest BCUT2D eigenvalue weighted by Crippen LogP contribution is 2.28. The molecule has 140 valence electrons. The summed E-state index contributed by atoms with van der Waals surface area (Å²) < 4.78 is 5.73. The standard InChI is InChI=1S/C21H23N3O2S/c1-17(25)24(19-9-5-3-6-10-19)21-22-18(16-27-21)15-23(2)13-14-26-20-11-7-4-8-12-20/h3-12,16H,13-15H2,1-2H3. The summed E-state index contributed by atoms with van der Waals surface area (Å²) >= 11 is 1.48. The molecule has 0 bridgehead atoms. The third-order valence-corrected chi connectivity index (χ3v) is 4.85. The lowest BCUT2D eigenvalue weighted by Gasteiger charge is -2.18. The summed E-state index contributed by atoms with van der Waals surface area (Å²) in [5.74, 6) is 0.827. The van der Waals surface area contributed by atoms with Crippen LogP contribution in [0.1, 0.15) is 12.6 Å². The molecule has 27 heavy (non-hydrogen) atoms. The van der Waals surface area contributed by atoms with Gasteiger partial charge in [0.25, 0.3) is 0 Å². The van der Waals surface area contributed by atoms with Crippen molar-refractivity contribution in [2.75, 3.05) is 25.1 Å². The first-order valence-electron chi connectivity index (χ1n) is 8.80. The van der Waals surface area contributed by atoms with Gasteiger partial charge in [-0.1, -0.05) is 36.4 Å². The van der Waals surface area contributed by atoms with Gasteiger partial charge in [-0.3, -0.25) is 14.6 Å². The topological polar surface area (TPSA) is 45.7 Å². The van der Waals surface area contributed by atoms with E-state index in [4.69, 9.17) is 4.74 Å². The van der Waals surface area contributed by atoms with E-state index < -0.39 is 0 Å². The molecule has 0 saturated carbocycles. The highest BCUT2D eigenvalue weighted by molar-refractivity contribution is 7.14. The number of nitrogens with zero attached hydrogens (tertiary/aromatic N) is 3. The van der Waals surface area contributed by atoms with Crippen molar-refractivity contribution in [3.63, 3.8) is 0 Å². The van der Waals surface area contributed by atoms with Gasteiger partial charge in [-0.15, -0.1) is 11.3 Å². The highest BCUT2D eigenvalue weighted by Gasteiger charge is 2.18. The van der Waals surface area contributed by atoms with E-state index in [1.54, 1.807) is 11.8 Å². The quantitative estimate of drug-likeness (QED) is 0.582. The molecule has 3 rings (SSSR count). The first-order valence-corrected chi connectivity index (χ1v) is 9.68. The average molecular weight is 382 g/mol. The number of amides is 1. The lowest BCUT2D eigenvalue weighted by atomic mass is 10.3. The molecule has 2 aromatic carbocycles. The normalized spacial score (nSPS) is 10.8. The molecule has 0 aliphatic rings. The van der Waals surface area contributed by atoms with Crippen LogP contribution in [0.15, 0.2) is 66.0 Å². The Morgan fingerprint density at radius 3 is 2.41 bits per heavy atom. The van der Waals surface area contributed by atoms with Crippen molar-refractivity contribution >= 4 is 28.1 Å². The van der Waals surface area contributed by atoms with Gasteiger partial charge >= 0.3 is 0 Å². The number of hydrogen-bond donors (Lipinski definition) is 0. The zero-order chi connectivity index (χ0) is 19.1. The third-order valence-electron chi connectivity index (χ3n) is 3.98. The minimum atomic E-state index is -0.0493. The summed E-state index contributed by atoms with van der Waals surface area (Å²) in [5, 5.41) is 2.69. The Bertz CT molecular complexity index is 852. The van der Waals surface area contributed by atoms with E-state index in [0.717, 1.165) is 23.7 Å². The van der Waals surface area contributed by atoms with Crippen LogP contribution in [0.5, 0.6) is 5.75 Å². The Morgan fingerprint density at radius 1 is 1.07 bits per heavy atom. The molecule has 1 aromatic heterocycles. The van der Waals surface area contributed by atoms with E-state index >= 15 is 0 Å². The van der Waals surface area contributed by atoms with Gasteiger partial charge in [0.05, 0.1) is 11.4 Å². The predicted molar refractivity (Wildman–Crippen MR) is 110 cm³/mol. The molecular weight excluding hydrogens is 358 g/mol. The van der Waals surface area contributed by atoms with Crippen LogP contribution in [0, 0.1) is 0 Å². The second-order valence-electron chi connectivity index (χ2n) is 6.21. The number of rotatable bonds is 8. The molecule has 3 aromatic rings. The first kappa shape index (κ1) is 19.1. The summed E-state index contributed by atoms with van der Waals surface area (Å²) in [6, 6.07) is 19.4. The summed E-state index contributed by atoms with van der Waals surface area (Å²) in [6.07, 6.45) is 0. The number of aromatic nitrogens is 1. The molecule has 1 amide bonds. The van der Waals surface area contributed by atoms with E-state index in [-0.39, 0.29) is 5.91 Å². The first-order chi connectivity index (χ1) is 13.1. The molecule has 1 heterocycles. The molecule has 0 aliphatic carbocycles. The number of anilines is 2. The van der Waals surface area contributed by atoms with Gasteiger partial charge in [-0.05, 0) is 31.3 Å². The van der Waals surface area contributed by atoms with Crippen molar-refractivity contribution in [3.8, 4) is 5.75 Å². The van der Waals surface area contributed by atoms with Gasteiger partial charge in [0.15, 0.2) is 5.13 Å². The maximum atomic E-state index is 12.1. The molecule has 0 atom stereocenters. The summed E-state index contributed by atoms with van der Waals surface area (Å²) in [5.41, 5.74) is 1.77. The fourth-order valence-electron chi connectivity index (χ4n) is 2.67. The highest BCUT2D eigenvalue weighted by atomic mass is 32.1. The fraction of sp³-hybridized carbons (Fsp3) is 0.238. The SMILES string of the molecule is CC(=O)N(c1ccccc1)c1nc(CN(C)CCOc2ccccc2)cs1. The number of hydrogen-bond acceptors (Lipinski definition) is 5. The van der Waals surface area contributed by atoms with Crippen molar-refractivity contribution in [1.29, 1.82) is 0 Å². The lowest BCUT2D eigenvalue weighted by molar-refractivity contribution is -0.115. The van der Waals surface area contributed by atoms with Crippen LogP contribution >= 0.6 is 11.3 Å². The minimum Gasteiger partial charge on any atom is -0.492 e. The Kier molecular flexibility index (Phi) is 6.57. The minimum absolute atomic E-state index is 0.0493. The van der Waals surface area contributed by atoms with Gasteiger partial charge in [-0.25, -0.2) is 4.98 Å². The van der Waals surface area contributed by atoms with E-state index in [1.165, 1.54) is 11.3 Å². The Balaban J connectivity index is 1.57. The maximum Gasteiger partial charge on any atom is 0.230 e. The molecule has 0 aliphatic heterocycles. The van der Waals surface area contributed by atoms with Crippen molar-refractivity contribution in [2.45, 2.75) is 13.5 Å². The number of carbonyl (C=O) groups excluding carboxylic acids is 1. The molecule has 0 saturated heterocycles. The van der Waals surface area contributed by atoms with E-state index in [9.17, 15) is 4.79 Å². The van der Waals surface area contributed by atoms with Gasteiger partial charge in [0, 0.05) is 25.4 Å². The van der Waals surface area contributed by atoms with Crippen LogP contribution in [0.25, 0.3) is 0 Å². The van der Waals surface area contributed by atoms with Crippen molar-refractivity contribution in [3.05, 3.63) is 71.7 Å². The van der Waals surface area contributed by atoms with Gasteiger partial charge in [0.1, 0.15) is 12.4 Å². The Labute approximate surface area is 163 Å². The molecule has 0 spiro atoms. The Hall–Kier alpha value is -2.70. The largest absolute Gasteiger partial charge is 0.492 e.